The van der Waals surface area contributed by atoms with Gasteiger partial charge in [0.25, 0.3) is 0 Å². The summed E-state index contributed by atoms with van der Waals surface area (Å²) in [7, 11) is 0. The minimum atomic E-state index is 0. The van der Waals surface area contributed by atoms with Crippen molar-refractivity contribution in [3.05, 3.63) is 22.6 Å². The van der Waals surface area contributed by atoms with Crippen molar-refractivity contribution < 1.29 is 4.42 Å². The summed E-state index contributed by atoms with van der Waals surface area (Å²) < 4.78 is 6.60. The maximum Gasteiger partial charge on any atom is 0.169 e. The average molecular weight is 374 g/mol. The fourth-order valence-electron chi connectivity index (χ4n) is 2.57. The molecule has 1 N–H and O–H groups in total. The van der Waals surface area contributed by atoms with Crippen molar-refractivity contribution in [2.24, 2.45) is 5.41 Å². The molecular formula is C13H23BrCl2N2O. The summed E-state index contributed by atoms with van der Waals surface area (Å²) in [5.41, 5.74) is 0.175. The van der Waals surface area contributed by atoms with Crippen molar-refractivity contribution in [2.45, 2.75) is 26.8 Å². The highest BCUT2D eigenvalue weighted by Gasteiger charge is 2.34. The molecule has 1 saturated heterocycles. The van der Waals surface area contributed by atoms with Crippen molar-refractivity contribution in [1.82, 2.24) is 10.2 Å². The topological polar surface area (TPSA) is 28.4 Å². The summed E-state index contributed by atoms with van der Waals surface area (Å²) in [6.45, 7) is 11.1. The molecule has 0 saturated carbocycles. The first kappa shape index (κ1) is 19.3. The highest BCUT2D eigenvalue weighted by molar-refractivity contribution is 9.10. The Kier molecular flexibility index (Phi) is 8.00. The van der Waals surface area contributed by atoms with Gasteiger partial charge >= 0.3 is 0 Å². The summed E-state index contributed by atoms with van der Waals surface area (Å²) in [4.78, 5) is 2.52. The number of halogens is 3. The fourth-order valence-corrected chi connectivity index (χ4v) is 2.89. The molecule has 1 atom stereocenters. The van der Waals surface area contributed by atoms with Gasteiger partial charge in [0.1, 0.15) is 5.76 Å². The van der Waals surface area contributed by atoms with E-state index >= 15 is 0 Å². The van der Waals surface area contributed by atoms with Crippen LogP contribution in [0.15, 0.2) is 21.2 Å². The van der Waals surface area contributed by atoms with Gasteiger partial charge in [-0.2, -0.15) is 0 Å². The van der Waals surface area contributed by atoms with Crippen LogP contribution in [0.25, 0.3) is 0 Å². The zero-order valence-corrected chi connectivity index (χ0v) is 14.8. The van der Waals surface area contributed by atoms with Crippen LogP contribution in [0.4, 0.5) is 0 Å². The van der Waals surface area contributed by atoms with Gasteiger partial charge in [0, 0.05) is 26.2 Å². The molecule has 0 aliphatic carbocycles. The van der Waals surface area contributed by atoms with Crippen LogP contribution in [-0.2, 0) is 0 Å². The minimum Gasteiger partial charge on any atom is -0.453 e. The molecule has 0 unspecified atom stereocenters. The van der Waals surface area contributed by atoms with E-state index < -0.39 is 0 Å². The van der Waals surface area contributed by atoms with Crippen LogP contribution in [0.2, 0.25) is 0 Å². The van der Waals surface area contributed by atoms with E-state index in [2.05, 4.69) is 53.0 Å². The number of hydrogen-bond acceptors (Lipinski definition) is 3. The predicted molar refractivity (Wildman–Crippen MR) is 87.5 cm³/mol. The van der Waals surface area contributed by atoms with Crippen LogP contribution in [0.3, 0.4) is 0 Å². The van der Waals surface area contributed by atoms with Crippen molar-refractivity contribution in [1.29, 1.82) is 0 Å². The normalized spacial score (nSPS) is 18.3. The van der Waals surface area contributed by atoms with E-state index in [0.717, 1.165) is 36.6 Å². The number of piperazine rings is 1. The molecule has 1 aliphatic rings. The van der Waals surface area contributed by atoms with Gasteiger partial charge in [-0.25, -0.2) is 0 Å². The molecule has 19 heavy (non-hydrogen) atoms. The molecule has 2 rings (SSSR count). The summed E-state index contributed by atoms with van der Waals surface area (Å²) in [5, 5.41) is 3.40. The number of hydrogen-bond donors (Lipinski definition) is 1. The molecule has 0 spiro atoms. The summed E-state index contributed by atoms with van der Waals surface area (Å²) >= 11 is 3.39. The van der Waals surface area contributed by atoms with Gasteiger partial charge in [-0.05, 0) is 33.5 Å². The molecule has 3 nitrogen and oxygen atoms in total. The van der Waals surface area contributed by atoms with E-state index in [1.165, 1.54) is 0 Å². The summed E-state index contributed by atoms with van der Waals surface area (Å²) in [6, 6.07) is 4.41. The highest BCUT2D eigenvalue weighted by Crippen LogP contribution is 2.39. The second kappa shape index (κ2) is 7.89. The SMILES string of the molecule is CC(C)(C)[C@H](c1ccc(Br)o1)N1CCNCC1.Cl.Cl. The van der Waals surface area contributed by atoms with E-state index in [-0.39, 0.29) is 30.2 Å². The zero-order valence-electron chi connectivity index (χ0n) is 11.6. The largest absolute Gasteiger partial charge is 0.453 e. The molecule has 1 fully saturated rings. The number of furan rings is 1. The van der Waals surface area contributed by atoms with Gasteiger partial charge in [0.15, 0.2) is 4.67 Å². The molecule has 112 valence electrons. The quantitative estimate of drug-likeness (QED) is 0.852. The van der Waals surface area contributed by atoms with Crippen LogP contribution in [0, 0.1) is 5.41 Å². The second-order valence-electron chi connectivity index (χ2n) is 5.70. The Morgan fingerprint density at radius 3 is 2.21 bits per heavy atom. The maximum atomic E-state index is 5.78. The van der Waals surface area contributed by atoms with Crippen molar-refractivity contribution in [3.8, 4) is 0 Å². The van der Waals surface area contributed by atoms with Crippen molar-refractivity contribution >= 4 is 40.7 Å². The van der Waals surface area contributed by atoms with Crippen molar-refractivity contribution in [2.75, 3.05) is 26.2 Å². The lowest BCUT2D eigenvalue weighted by Crippen LogP contribution is -2.48. The van der Waals surface area contributed by atoms with Gasteiger partial charge in [-0.3, -0.25) is 4.90 Å². The Bertz CT molecular complexity index is 373. The molecule has 2 heterocycles. The molecule has 6 heteroatoms. The van der Waals surface area contributed by atoms with Gasteiger partial charge < -0.3 is 9.73 Å². The van der Waals surface area contributed by atoms with Crippen molar-refractivity contribution in [3.63, 3.8) is 0 Å². The first-order chi connectivity index (χ1) is 7.98. The predicted octanol–water partition coefficient (Wildman–Crippen LogP) is 3.88. The van der Waals surface area contributed by atoms with Crippen LogP contribution >= 0.6 is 40.7 Å². The Balaban J connectivity index is 0.00000162. The Hall–Kier alpha value is 0.260. The van der Waals surface area contributed by atoms with E-state index in [1.807, 2.05) is 6.07 Å². The lowest BCUT2D eigenvalue weighted by molar-refractivity contribution is 0.0690. The molecular weight excluding hydrogens is 351 g/mol. The molecule has 0 aromatic carbocycles. The highest BCUT2D eigenvalue weighted by atomic mass is 79.9. The molecule has 0 radical (unpaired) electrons. The molecule has 0 bridgehead atoms. The summed E-state index contributed by atoms with van der Waals surface area (Å²) in [5.74, 6) is 1.06. The van der Waals surface area contributed by atoms with E-state index in [4.69, 9.17) is 4.42 Å². The third-order valence-electron chi connectivity index (χ3n) is 3.20. The van der Waals surface area contributed by atoms with Crippen LogP contribution < -0.4 is 5.32 Å². The van der Waals surface area contributed by atoms with Crippen LogP contribution in [-0.4, -0.2) is 31.1 Å². The van der Waals surface area contributed by atoms with E-state index in [1.54, 1.807) is 0 Å². The van der Waals surface area contributed by atoms with Gasteiger partial charge in [0.05, 0.1) is 6.04 Å². The number of nitrogens with one attached hydrogen (secondary N) is 1. The van der Waals surface area contributed by atoms with Gasteiger partial charge in [-0.1, -0.05) is 20.8 Å². The second-order valence-corrected chi connectivity index (χ2v) is 6.48. The van der Waals surface area contributed by atoms with Gasteiger partial charge in [0.2, 0.25) is 0 Å². The number of rotatable bonds is 2. The number of nitrogens with zero attached hydrogens (tertiary/aromatic N) is 1. The van der Waals surface area contributed by atoms with Gasteiger partial charge in [-0.15, -0.1) is 24.8 Å². The Morgan fingerprint density at radius 2 is 1.79 bits per heavy atom. The van der Waals surface area contributed by atoms with Crippen LogP contribution in [0.1, 0.15) is 32.6 Å². The van der Waals surface area contributed by atoms with E-state index in [0.29, 0.717) is 6.04 Å². The van der Waals surface area contributed by atoms with E-state index in [9.17, 15) is 0 Å². The Morgan fingerprint density at radius 1 is 1.21 bits per heavy atom. The lowest BCUT2D eigenvalue weighted by atomic mass is 9.84. The smallest absolute Gasteiger partial charge is 0.169 e. The monoisotopic (exact) mass is 372 g/mol. The third kappa shape index (κ3) is 4.94. The lowest BCUT2D eigenvalue weighted by Gasteiger charge is -2.41. The van der Waals surface area contributed by atoms with Crippen LogP contribution in [0.5, 0.6) is 0 Å². The molecule has 1 aromatic rings. The summed E-state index contributed by atoms with van der Waals surface area (Å²) in [6.07, 6.45) is 0. The fraction of sp³-hybridized carbons (Fsp3) is 0.692. The maximum absolute atomic E-state index is 5.78. The first-order valence-corrected chi connectivity index (χ1v) is 6.98. The molecule has 0 amide bonds. The molecule has 1 aliphatic heterocycles. The third-order valence-corrected chi connectivity index (χ3v) is 3.63. The average Bonchev–Trinajstić information content (AvgIpc) is 2.64. The Labute approximate surface area is 136 Å². The molecule has 1 aromatic heterocycles. The zero-order chi connectivity index (χ0) is 12.5. The standard InChI is InChI=1S/C13H21BrN2O.2ClH/c1-13(2,3)12(10-4-5-11(14)17-10)16-8-6-15-7-9-16;;/h4-5,12,15H,6-9H2,1-3H3;2*1H/t12-;;/m0../s1. The minimum absolute atomic E-state index is 0. The first-order valence-electron chi connectivity index (χ1n) is 6.18.